The fraction of sp³-hybridized carbons (Fsp3) is 0.0667. The van der Waals surface area contributed by atoms with Gasteiger partial charge >= 0.3 is 0 Å². The molecule has 0 aliphatic heterocycles. The van der Waals surface area contributed by atoms with Gasteiger partial charge in [0, 0.05) is 3.57 Å². The predicted octanol–water partition coefficient (Wildman–Crippen LogP) is 2.77. The van der Waals surface area contributed by atoms with Crippen LogP contribution in [0.3, 0.4) is 0 Å². The van der Waals surface area contributed by atoms with Gasteiger partial charge in [-0.15, -0.1) is 0 Å². The number of phenolic OH excluding ortho intramolecular Hbond substituents is 1. The van der Waals surface area contributed by atoms with Gasteiger partial charge in [0.15, 0.2) is 11.5 Å². The van der Waals surface area contributed by atoms with Crippen molar-refractivity contribution in [2.24, 2.45) is 5.10 Å². The maximum Gasteiger partial charge on any atom is 0.272 e. The molecule has 5 nitrogen and oxygen atoms in total. The molecule has 2 aromatic rings. The highest BCUT2D eigenvalue weighted by Gasteiger charge is 2.07. The van der Waals surface area contributed by atoms with Crippen LogP contribution < -0.4 is 10.2 Å². The van der Waals surface area contributed by atoms with E-state index in [0.29, 0.717) is 16.9 Å². The second kappa shape index (κ2) is 7.07. The van der Waals surface area contributed by atoms with Crippen molar-refractivity contribution in [3.05, 3.63) is 57.2 Å². The van der Waals surface area contributed by atoms with E-state index in [1.165, 1.54) is 19.4 Å². The van der Waals surface area contributed by atoms with Gasteiger partial charge < -0.3 is 9.84 Å². The van der Waals surface area contributed by atoms with Crippen molar-refractivity contribution in [3.8, 4) is 11.5 Å². The summed E-state index contributed by atoms with van der Waals surface area (Å²) < 4.78 is 5.80. The van der Waals surface area contributed by atoms with E-state index < -0.39 is 0 Å². The molecule has 2 aromatic carbocycles. The van der Waals surface area contributed by atoms with E-state index in [4.69, 9.17) is 4.74 Å². The van der Waals surface area contributed by atoms with Crippen LogP contribution in [0.5, 0.6) is 11.5 Å². The molecule has 6 heteroatoms. The van der Waals surface area contributed by atoms with E-state index in [1.807, 2.05) is 12.1 Å². The van der Waals surface area contributed by atoms with Gasteiger partial charge in [-0.25, -0.2) is 5.43 Å². The summed E-state index contributed by atoms with van der Waals surface area (Å²) >= 11 is 2.09. The standard InChI is InChI=1S/C15H13IN2O3/c1-21-14-7-6-10(8-13(14)19)9-17-18-15(20)11-4-2-3-5-12(11)16/h2-9,19H,1H3,(H,18,20)/b17-9+. The van der Waals surface area contributed by atoms with Gasteiger partial charge in [-0.1, -0.05) is 12.1 Å². The number of hydrazone groups is 1. The van der Waals surface area contributed by atoms with Crippen molar-refractivity contribution in [2.45, 2.75) is 0 Å². The highest BCUT2D eigenvalue weighted by Crippen LogP contribution is 2.25. The molecule has 108 valence electrons. The average molecular weight is 396 g/mol. The quantitative estimate of drug-likeness (QED) is 0.475. The van der Waals surface area contributed by atoms with Gasteiger partial charge in [0.1, 0.15) is 0 Å². The highest BCUT2D eigenvalue weighted by atomic mass is 127. The maximum atomic E-state index is 11.9. The molecule has 0 fully saturated rings. The molecular weight excluding hydrogens is 383 g/mol. The molecule has 0 aromatic heterocycles. The predicted molar refractivity (Wildman–Crippen MR) is 88.9 cm³/mol. The Morgan fingerprint density at radius 3 is 2.76 bits per heavy atom. The lowest BCUT2D eigenvalue weighted by atomic mass is 10.2. The third-order valence-electron chi connectivity index (χ3n) is 2.70. The molecule has 21 heavy (non-hydrogen) atoms. The first kappa shape index (κ1) is 15.3. The van der Waals surface area contributed by atoms with Gasteiger partial charge in [0.2, 0.25) is 0 Å². The number of carbonyl (C=O) groups excluding carboxylic acids is 1. The minimum Gasteiger partial charge on any atom is -0.504 e. The number of carbonyl (C=O) groups is 1. The van der Waals surface area contributed by atoms with Gasteiger partial charge in [0.25, 0.3) is 5.91 Å². The van der Waals surface area contributed by atoms with Crippen molar-refractivity contribution >= 4 is 34.7 Å². The van der Waals surface area contributed by atoms with Crippen molar-refractivity contribution < 1.29 is 14.6 Å². The van der Waals surface area contributed by atoms with Crippen LogP contribution in [0.15, 0.2) is 47.6 Å². The van der Waals surface area contributed by atoms with Crippen LogP contribution in [-0.2, 0) is 0 Å². The minimum absolute atomic E-state index is 0.0189. The Balaban J connectivity index is 2.04. The first-order chi connectivity index (χ1) is 10.1. The number of rotatable bonds is 4. The molecule has 0 unspecified atom stereocenters. The molecule has 0 aliphatic rings. The number of hydrogen-bond donors (Lipinski definition) is 2. The molecule has 2 rings (SSSR count). The second-order valence-corrected chi connectivity index (χ2v) is 5.27. The molecule has 0 bridgehead atoms. The Morgan fingerprint density at radius 1 is 1.33 bits per heavy atom. The largest absolute Gasteiger partial charge is 0.504 e. The lowest BCUT2D eigenvalue weighted by Crippen LogP contribution is -2.18. The third kappa shape index (κ3) is 3.94. The summed E-state index contributed by atoms with van der Waals surface area (Å²) in [6.45, 7) is 0. The van der Waals surface area contributed by atoms with E-state index in [9.17, 15) is 9.90 Å². The lowest BCUT2D eigenvalue weighted by Gasteiger charge is -2.04. The monoisotopic (exact) mass is 396 g/mol. The zero-order chi connectivity index (χ0) is 15.2. The number of phenols is 1. The van der Waals surface area contributed by atoms with Gasteiger partial charge in [-0.2, -0.15) is 5.10 Å². The first-order valence-electron chi connectivity index (χ1n) is 6.06. The van der Waals surface area contributed by atoms with Crippen LogP contribution in [0.1, 0.15) is 15.9 Å². The van der Waals surface area contributed by atoms with Crippen LogP contribution in [0.2, 0.25) is 0 Å². The number of hydrogen-bond acceptors (Lipinski definition) is 4. The maximum absolute atomic E-state index is 11.9. The molecule has 0 radical (unpaired) electrons. The molecule has 0 saturated carbocycles. The van der Waals surface area contributed by atoms with Crippen molar-refractivity contribution in [2.75, 3.05) is 7.11 Å². The van der Waals surface area contributed by atoms with Crippen LogP contribution in [0, 0.1) is 3.57 Å². The molecule has 1 amide bonds. The lowest BCUT2D eigenvalue weighted by molar-refractivity contribution is 0.0954. The summed E-state index contributed by atoms with van der Waals surface area (Å²) in [4.78, 5) is 11.9. The first-order valence-corrected chi connectivity index (χ1v) is 7.14. The van der Waals surface area contributed by atoms with Crippen LogP contribution in [-0.4, -0.2) is 24.3 Å². The topological polar surface area (TPSA) is 70.9 Å². The molecular formula is C15H13IN2O3. The number of halogens is 1. The van der Waals surface area contributed by atoms with Crippen LogP contribution >= 0.6 is 22.6 Å². The summed E-state index contributed by atoms with van der Waals surface area (Å²) in [5.41, 5.74) is 3.66. The van der Waals surface area contributed by atoms with E-state index >= 15 is 0 Å². The van der Waals surface area contributed by atoms with Gasteiger partial charge in [0.05, 0.1) is 18.9 Å². The Morgan fingerprint density at radius 2 is 2.10 bits per heavy atom. The number of nitrogens with one attached hydrogen (secondary N) is 1. The number of nitrogens with zero attached hydrogens (tertiary/aromatic N) is 1. The second-order valence-electron chi connectivity index (χ2n) is 4.11. The Bertz CT molecular complexity index is 686. The highest BCUT2D eigenvalue weighted by molar-refractivity contribution is 14.1. The fourth-order valence-electron chi connectivity index (χ4n) is 1.66. The third-order valence-corrected chi connectivity index (χ3v) is 3.64. The SMILES string of the molecule is COc1ccc(/C=N/NC(=O)c2ccccc2I)cc1O. The van der Waals surface area contributed by atoms with Crippen molar-refractivity contribution in [1.82, 2.24) is 5.43 Å². The summed E-state index contributed by atoms with van der Waals surface area (Å²) in [5.74, 6) is 0.120. The number of ether oxygens (including phenoxy) is 1. The normalized spacial score (nSPS) is 10.6. The summed E-state index contributed by atoms with van der Waals surface area (Å²) in [6, 6.07) is 12.1. The van der Waals surface area contributed by atoms with Gasteiger partial charge in [-0.05, 0) is 58.5 Å². The molecule has 0 aliphatic carbocycles. The van der Waals surface area contributed by atoms with E-state index in [0.717, 1.165) is 3.57 Å². The molecule has 0 atom stereocenters. The van der Waals surface area contributed by atoms with Crippen LogP contribution in [0.4, 0.5) is 0 Å². The molecule has 0 spiro atoms. The Kier molecular flexibility index (Phi) is 5.15. The fourth-order valence-corrected chi connectivity index (χ4v) is 2.29. The Labute approximate surface area is 135 Å². The summed E-state index contributed by atoms with van der Waals surface area (Å²) in [6.07, 6.45) is 1.45. The summed E-state index contributed by atoms with van der Waals surface area (Å²) in [7, 11) is 1.48. The molecule has 0 saturated heterocycles. The zero-order valence-electron chi connectivity index (χ0n) is 11.2. The number of benzene rings is 2. The summed E-state index contributed by atoms with van der Waals surface area (Å²) in [5, 5.41) is 13.5. The number of aromatic hydroxyl groups is 1. The van der Waals surface area contributed by atoms with E-state index in [1.54, 1.807) is 24.3 Å². The minimum atomic E-state index is -0.283. The zero-order valence-corrected chi connectivity index (χ0v) is 13.4. The van der Waals surface area contributed by atoms with Crippen LogP contribution in [0.25, 0.3) is 0 Å². The van der Waals surface area contributed by atoms with E-state index in [2.05, 4.69) is 33.1 Å². The average Bonchev–Trinajstić information content (AvgIpc) is 2.48. The van der Waals surface area contributed by atoms with E-state index in [-0.39, 0.29) is 11.7 Å². The number of amides is 1. The molecule has 2 N–H and O–H groups in total. The smallest absolute Gasteiger partial charge is 0.272 e. The van der Waals surface area contributed by atoms with Crippen molar-refractivity contribution in [1.29, 1.82) is 0 Å². The number of methoxy groups -OCH3 is 1. The van der Waals surface area contributed by atoms with Gasteiger partial charge in [-0.3, -0.25) is 4.79 Å². The van der Waals surface area contributed by atoms with Crippen molar-refractivity contribution in [3.63, 3.8) is 0 Å². The molecule has 0 heterocycles. The Hall–Kier alpha value is -2.09.